The van der Waals surface area contributed by atoms with Gasteiger partial charge in [0, 0.05) is 24.3 Å². The van der Waals surface area contributed by atoms with Gasteiger partial charge in [-0.25, -0.2) is 0 Å². The Morgan fingerprint density at radius 3 is 2.83 bits per heavy atom. The van der Waals surface area contributed by atoms with Crippen molar-refractivity contribution in [2.75, 3.05) is 13.7 Å². The van der Waals surface area contributed by atoms with Crippen LogP contribution in [0.4, 0.5) is 0 Å². The van der Waals surface area contributed by atoms with Crippen LogP contribution in [-0.4, -0.2) is 25.7 Å². The average molecular weight is 272 g/mol. The number of ether oxygens (including phenoxy) is 2. The molecule has 4 nitrogen and oxygen atoms in total. The highest BCUT2D eigenvalue weighted by Gasteiger charge is 2.15. The number of esters is 1. The average Bonchev–Trinajstić information content (AvgIpc) is 2.37. The molecule has 1 atom stereocenters. The first-order valence-electron chi connectivity index (χ1n) is 5.79. The zero-order chi connectivity index (χ0) is 13.4. The lowest BCUT2D eigenvalue weighted by Crippen LogP contribution is -2.32. The molecule has 1 unspecified atom stereocenters. The molecule has 2 N–H and O–H groups in total. The van der Waals surface area contributed by atoms with E-state index < -0.39 is 12.0 Å². The van der Waals surface area contributed by atoms with Crippen molar-refractivity contribution in [3.8, 4) is 0 Å². The van der Waals surface area contributed by atoms with E-state index in [0.717, 1.165) is 12.0 Å². The normalized spacial score (nSPS) is 12.2. The first-order valence-corrected chi connectivity index (χ1v) is 6.17. The van der Waals surface area contributed by atoms with Crippen molar-refractivity contribution in [2.24, 2.45) is 5.73 Å². The number of benzene rings is 1. The van der Waals surface area contributed by atoms with Crippen LogP contribution in [-0.2, 0) is 20.9 Å². The fraction of sp³-hybridized carbons (Fsp3) is 0.462. The molecule has 0 aliphatic rings. The van der Waals surface area contributed by atoms with Crippen LogP contribution in [0.1, 0.15) is 18.4 Å². The summed E-state index contributed by atoms with van der Waals surface area (Å²) in [5.74, 6) is -0.411. The molecular weight excluding hydrogens is 254 g/mol. The van der Waals surface area contributed by atoms with E-state index in [2.05, 4.69) is 0 Å². The summed E-state index contributed by atoms with van der Waals surface area (Å²) in [4.78, 5) is 11.6. The summed E-state index contributed by atoms with van der Waals surface area (Å²) in [5.41, 5.74) is 6.47. The van der Waals surface area contributed by atoms with E-state index in [4.69, 9.17) is 26.8 Å². The second-order valence-electron chi connectivity index (χ2n) is 3.94. The van der Waals surface area contributed by atoms with Crippen LogP contribution in [0.25, 0.3) is 0 Å². The highest BCUT2D eigenvalue weighted by Crippen LogP contribution is 2.16. The fourth-order valence-corrected chi connectivity index (χ4v) is 1.63. The molecule has 1 aromatic carbocycles. The van der Waals surface area contributed by atoms with E-state index in [1.807, 2.05) is 18.2 Å². The second kappa shape index (κ2) is 8.08. The van der Waals surface area contributed by atoms with Crippen LogP contribution >= 0.6 is 11.6 Å². The predicted molar refractivity (Wildman–Crippen MR) is 70.3 cm³/mol. The van der Waals surface area contributed by atoms with Crippen LogP contribution in [0.3, 0.4) is 0 Å². The maximum absolute atomic E-state index is 11.6. The van der Waals surface area contributed by atoms with Crippen LogP contribution in [0.5, 0.6) is 0 Å². The second-order valence-corrected chi connectivity index (χ2v) is 4.35. The van der Waals surface area contributed by atoms with E-state index >= 15 is 0 Å². The third kappa shape index (κ3) is 5.04. The Balaban J connectivity index is 2.34. The number of rotatable bonds is 7. The Morgan fingerprint density at radius 2 is 2.17 bits per heavy atom. The van der Waals surface area contributed by atoms with E-state index in [0.29, 0.717) is 18.1 Å². The summed E-state index contributed by atoms with van der Waals surface area (Å²) in [6.07, 6.45) is 1.29. The van der Waals surface area contributed by atoms with Gasteiger partial charge in [-0.1, -0.05) is 29.8 Å². The SMILES string of the molecule is COCCCC(N)C(=O)OCc1ccccc1Cl. The van der Waals surface area contributed by atoms with Gasteiger partial charge < -0.3 is 15.2 Å². The number of methoxy groups -OCH3 is 1. The number of nitrogens with two attached hydrogens (primary N) is 1. The van der Waals surface area contributed by atoms with Gasteiger partial charge in [0.05, 0.1) is 0 Å². The molecule has 0 amide bonds. The molecule has 0 spiro atoms. The van der Waals surface area contributed by atoms with E-state index in [-0.39, 0.29) is 6.61 Å². The number of hydrogen-bond donors (Lipinski definition) is 1. The molecule has 0 aromatic heterocycles. The molecule has 5 heteroatoms. The molecule has 0 radical (unpaired) electrons. The Bertz CT molecular complexity index is 384. The van der Waals surface area contributed by atoms with Crippen LogP contribution in [0.15, 0.2) is 24.3 Å². The Labute approximate surface area is 112 Å². The maximum Gasteiger partial charge on any atom is 0.323 e. The van der Waals surface area contributed by atoms with Crippen LogP contribution < -0.4 is 5.73 Å². The van der Waals surface area contributed by atoms with Crippen LogP contribution in [0.2, 0.25) is 5.02 Å². The smallest absolute Gasteiger partial charge is 0.323 e. The van der Waals surface area contributed by atoms with Crippen LogP contribution in [0, 0.1) is 0 Å². The van der Waals surface area contributed by atoms with Gasteiger partial charge in [-0.2, -0.15) is 0 Å². The van der Waals surface area contributed by atoms with Crippen molar-refractivity contribution in [1.82, 2.24) is 0 Å². The summed E-state index contributed by atoms with van der Waals surface area (Å²) >= 11 is 5.95. The van der Waals surface area contributed by atoms with Crippen molar-refractivity contribution >= 4 is 17.6 Å². The van der Waals surface area contributed by atoms with Crippen molar-refractivity contribution < 1.29 is 14.3 Å². The Kier molecular flexibility index (Phi) is 6.72. The lowest BCUT2D eigenvalue weighted by atomic mass is 10.2. The Hall–Kier alpha value is -1.10. The molecule has 0 bridgehead atoms. The quantitative estimate of drug-likeness (QED) is 0.610. The molecule has 0 fully saturated rings. The minimum atomic E-state index is -0.609. The molecule has 1 aromatic rings. The lowest BCUT2D eigenvalue weighted by Gasteiger charge is -2.11. The number of carbonyl (C=O) groups is 1. The van der Waals surface area contributed by atoms with Gasteiger partial charge in [-0.05, 0) is 18.9 Å². The molecular formula is C13H18ClNO3. The van der Waals surface area contributed by atoms with Gasteiger partial charge in [0.1, 0.15) is 12.6 Å². The zero-order valence-corrected chi connectivity index (χ0v) is 11.2. The molecule has 0 saturated heterocycles. The summed E-state index contributed by atoms with van der Waals surface area (Å²) in [5, 5.41) is 0.582. The first-order chi connectivity index (χ1) is 8.65. The standard InChI is InChI=1S/C13H18ClNO3/c1-17-8-4-7-12(15)13(16)18-9-10-5-2-3-6-11(10)14/h2-3,5-6,12H,4,7-9,15H2,1H3. The van der Waals surface area contributed by atoms with E-state index in [1.165, 1.54) is 0 Å². The van der Waals surface area contributed by atoms with Crippen molar-refractivity contribution in [2.45, 2.75) is 25.5 Å². The highest BCUT2D eigenvalue weighted by molar-refractivity contribution is 6.31. The zero-order valence-electron chi connectivity index (χ0n) is 10.4. The van der Waals surface area contributed by atoms with Gasteiger partial charge >= 0.3 is 5.97 Å². The van der Waals surface area contributed by atoms with E-state index in [1.54, 1.807) is 13.2 Å². The lowest BCUT2D eigenvalue weighted by molar-refractivity contribution is -0.146. The first kappa shape index (κ1) is 15.0. The minimum Gasteiger partial charge on any atom is -0.460 e. The molecule has 100 valence electrons. The molecule has 0 saturated carbocycles. The van der Waals surface area contributed by atoms with Crippen molar-refractivity contribution in [3.05, 3.63) is 34.9 Å². The third-order valence-electron chi connectivity index (χ3n) is 2.49. The summed E-state index contributed by atoms with van der Waals surface area (Å²) < 4.78 is 10.0. The maximum atomic E-state index is 11.6. The van der Waals surface area contributed by atoms with Gasteiger partial charge in [-0.3, -0.25) is 4.79 Å². The predicted octanol–water partition coefficient (Wildman–Crippen LogP) is 2.14. The summed E-state index contributed by atoms with van der Waals surface area (Å²) in [7, 11) is 1.61. The molecule has 0 heterocycles. The number of carbonyl (C=O) groups excluding carboxylic acids is 1. The molecule has 18 heavy (non-hydrogen) atoms. The van der Waals surface area contributed by atoms with Crippen molar-refractivity contribution in [1.29, 1.82) is 0 Å². The summed E-state index contributed by atoms with van der Waals surface area (Å²) in [6, 6.07) is 6.62. The number of halogens is 1. The molecule has 0 aliphatic carbocycles. The van der Waals surface area contributed by atoms with Gasteiger partial charge in [0.25, 0.3) is 0 Å². The minimum absolute atomic E-state index is 0.149. The highest BCUT2D eigenvalue weighted by atomic mass is 35.5. The number of hydrogen-bond acceptors (Lipinski definition) is 4. The fourth-order valence-electron chi connectivity index (χ4n) is 1.44. The van der Waals surface area contributed by atoms with Gasteiger partial charge in [0.2, 0.25) is 0 Å². The summed E-state index contributed by atoms with van der Waals surface area (Å²) in [6.45, 7) is 0.738. The third-order valence-corrected chi connectivity index (χ3v) is 2.86. The molecule has 0 aliphatic heterocycles. The van der Waals surface area contributed by atoms with E-state index in [9.17, 15) is 4.79 Å². The Morgan fingerprint density at radius 1 is 1.44 bits per heavy atom. The van der Waals surface area contributed by atoms with Crippen molar-refractivity contribution in [3.63, 3.8) is 0 Å². The topological polar surface area (TPSA) is 61.5 Å². The molecule has 1 rings (SSSR count). The van der Waals surface area contributed by atoms with Gasteiger partial charge in [-0.15, -0.1) is 0 Å². The largest absolute Gasteiger partial charge is 0.460 e. The van der Waals surface area contributed by atoms with Gasteiger partial charge in [0.15, 0.2) is 0 Å². The monoisotopic (exact) mass is 271 g/mol.